The summed E-state index contributed by atoms with van der Waals surface area (Å²) in [4.78, 5) is 10.3. The molecule has 0 aromatic heterocycles. The van der Waals surface area contributed by atoms with Crippen LogP contribution < -0.4 is 11.1 Å². The molecule has 0 saturated carbocycles. The minimum absolute atomic E-state index is 0.305. The molecular formula is C9H20N2O2. The zero-order chi connectivity index (χ0) is 10.1. The van der Waals surface area contributed by atoms with Gasteiger partial charge in [0.25, 0.3) is 0 Å². The maximum absolute atomic E-state index is 10.3. The van der Waals surface area contributed by atoms with Crippen LogP contribution in [0.15, 0.2) is 0 Å². The predicted octanol–water partition coefficient (Wildman–Crippen LogP) is 0.267. The average molecular weight is 188 g/mol. The van der Waals surface area contributed by atoms with Gasteiger partial charge in [-0.25, -0.2) is 0 Å². The van der Waals surface area contributed by atoms with Gasteiger partial charge in [0, 0.05) is 19.1 Å². The zero-order valence-electron chi connectivity index (χ0n) is 8.51. The summed E-state index contributed by atoms with van der Waals surface area (Å²) in [6, 6.07) is 0.519. The first kappa shape index (κ1) is 12.4. The van der Waals surface area contributed by atoms with E-state index < -0.39 is 0 Å². The van der Waals surface area contributed by atoms with E-state index in [1.165, 1.54) is 0 Å². The highest BCUT2D eigenvalue weighted by Gasteiger charge is 1.94. The molecule has 0 aliphatic rings. The van der Waals surface area contributed by atoms with Crippen LogP contribution in [0.25, 0.3) is 0 Å². The summed E-state index contributed by atoms with van der Waals surface area (Å²) >= 11 is 0. The number of hydrogen-bond donors (Lipinski definition) is 2. The quantitative estimate of drug-likeness (QED) is 0.537. The van der Waals surface area contributed by atoms with Crippen LogP contribution in [0.2, 0.25) is 0 Å². The molecule has 0 atom stereocenters. The lowest BCUT2D eigenvalue weighted by atomic mass is 10.3. The Kier molecular flexibility index (Phi) is 7.63. The van der Waals surface area contributed by atoms with E-state index in [0.29, 0.717) is 25.7 Å². The second-order valence-electron chi connectivity index (χ2n) is 3.29. The van der Waals surface area contributed by atoms with Crippen molar-refractivity contribution in [2.24, 2.45) is 5.73 Å². The van der Waals surface area contributed by atoms with Crippen molar-refractivity contribution in [3.05, 3.63) is 0 Å². The Labute approximate surface area is 79.8 Å². The summed E-state index contributed by atoms with van der Waals surface area (Å²) in [5, 5.41) is 3.27. The molecule has 0 saturated heterocycles. The average Bonchev–Trinajstić information content (AvgIpc) is 2.01. The van der Waals surface area contributed by atoms with E-state index in [2.05, 4.69) is 19.2 Å². The Morgan fingerprint density at radius 3 is 2.69 bits per heavy atom. The summed E-state index contributed by atoms with van der Waals surface area (Å²) < 4.78 is 5.19. The minimum atomic E-state index is -0.305. The molecule has 4 nitrogen and oxygen atoms in total. The second-order valence-corrected chi connectivity index (χ2v) is 3.29. The maximum atomic E-state index is 10.3. The van der Waals surface area contributed by atoms with Gasteiger partial charge in [0.15, 0.2) is 0 Å². The van der Waals surface area contributed by atoms with Crippen LogP contribution in [0.3, 0.4) is 0 Å². The molecule has 0 heterocycles. The van der Waals surface area contributed by atoms with Gasteiger partial charge in [-0.1, -0.05) is 13.8 Å². The largest absolute Gasteiger partial charge is 0.381 e. The number of carbonyl (C=O) groups excluding carboxylic acids is 1. The molecule has 4 heteroatoms. The highest BCUT2D eigenvalue weighted by atomic mass is 16.5. The van der Waals surface area contributed by atoms with Gasteiger partial charge < -0.3 is 15.8 Å². The number of nitrogens with one attached hydrogen (secondary N) is 1. The van der Waals surface area contributed by atoms with E-state index in [1.807, 2.05) is 0 Å². The van der Waals surface area contributed by atoms with Crippen LogP contribution in [0.5, 0.6) is 0 Å². The molecule has 1 amide bonds. The van der Waals surface area contributed by atoms with Gasteiger partial charge in [0.2, 0.25) is 5.91 Å². The van der Waals surface area contributed by atoms with Crippen molar-refractivity contribution in [3.63, 3.8) is 0 Å². The first-order valence-electron chi connectivity index (χ1n) is 4.72. The number of amides is 1. The Balaban J connectivity index is 2.96. The molecule has 0 fully saturated rings. The highest BCUT2D eigenvalue weighted by molar-refractivity contribution is 5.73. The van der Waals surface area contributed by atoms with Gasteiger partial charge in [-0.05, 0) is 13.0 Å². The lowest BCUT2D eigenvalue weighted by Gasteiger charge is -2.07. The zero-order valence-corrected chi connectivity index (χ0v) is 8.51. The van der Waals surface area contributed by atoms with Gasteiger partial charge in [0.1, 0.15) is 0 Å². The van der Waals surface area contributed by atoms with E-state index in [0.717, 1.165) is 13.0 Å². The van der Waals surface area contributed by atoms with E-state index in [1.54, 1.807) is 0 Å². The third kappa shape index (κ3) is 11.4. The van der Waals surface area contributed by atoms with Crippen LogP contribution in [0, 0.1) is 0 Å². The summed E-state index contributed by atoms with van der Waals surface area (Å²) in [5.41, 5.74) is 4.94. The van der Waals surface area contributed by atoms with Crippen molar-refractivity contribution < 1.29 is 9.53 Å². The lowest BCUT2D eigenvalue weighted by molar-refractivity contribution is -0.119. The molecule has 3 N–H and O–H groups in total. The van der Waals surface area contributed by atoms with Crippen molar-refractivity contribution in [2.45, 2.75) is 32.7 Å². The van der Waals surface area contributed by atoms with Crippen molar-refractivity contribution in [2.75, 3.05) is 19.8 Å². The topological polar surface area (TPSA) is 64.3 Å². The van der Waals surface area contributed by atoms with E-state index >= 15 is 0 Å². The molecule has 0 radical (unpaired) electrons. The van der Waals surface area contributed by atoms with Gasteiger partial charge >= 0.3 is 0 Å². The van der Waals surface area contributed by atoms with Crippen LogP contribution >= 0.6 is 0 Å². The molecule has 0 unspecified atom stereocenters. The first-order valence-corrected chi connectivity index (χ1v) is 4.72. The predicted molar refractivity (Wildman–Crippen MR) is 52.4 cm³/mol. The number of primary amides is 1. The lowest BCUT2D eigenvalue weighted by Crippen LogP contribution is -2.24. The van der Waals surface area contributed by atoms with Gasteiger partial charge in [-0.15, -0.1) is 0 Å². The van der Waals surface area contributed by atoms with E-state index in [9.17, 15) is 4.79 Å². The summed E-state index contributed by atoms with van der Waals surface area (Å²) in [7, 11) is 0. The molecular weight excluding hydrogens is 168 g/mol. The molecule has 78 valence electrons. The third-order valence-electron chi connectivity index (χ3n) is 1.51. The Morgan fingerprint density at radius 2 is 2.15 bits per heavy atom. The fourth-order valence-electron chi connectivity index (χ4n) is 0.840. The Hall–Kier alpha value is -0.610. The second kappa shape index (κ2) is 8.01. The van der Waals surface area contributed by atoms with Crippen LogP contribution in [0.1, 0.15) is 26.7 Å². The monoisotopic (exact) mass is 188 g/mol. The van der Waals surface area contributed by atoms with Gasteiger partial charge in [-0.3, -0.25) is 4.79 Å². The molecule has 0 aromatic carbocycles. The number of rotatable bonds is 8. The molecule has 0 aliphatic heterocycles. The Morgan fingerprint density at radius 1 is 1.46 bits per heavy atom. The standard InChI is InChI=1S/C9H20N2O2/c1-8(2)11-5-3-6-13-7-4-9(10)12/h8,11H,3-7H2,1-2H3,(H2,10,12). The van der Waals surface area contributed by atoms with Crippen LogP contribution in [0.4, 0.5) is 0 Å². The molecule has 13 heavy (non-hydrogen) atoms. The number of hydrogen-bond acceptors (Lipinski definition) is 3. The fourth-order valence-corrected chi connectivity index (χ4v) is 0.840. The van der Waals surface area contributed by atoms with Crippen molar-refractivity contribution in [1.29, 1.82) is 0 Å². The molecule has 0 rings (SSSR count). The van der Waals surface area contributed by atoms with E-state index in [-0.39, 0.29) is 5.91 Å². The minimum Gasteiger partial charge on any atom is -0.381 e. The summed E-state index contributed by atoms with van der Waals surface area (Å²) in [5.74, 6) is -0.305. The fraction of sp³-hybridized carbons (Fsp3) is 0.889. The molecule has 0 aliphatic carbocycles. The molecule has 0 aromatic rings. The van der Waals surface area contributed by atoms with Crippen molar-refractivity contribution in [3.8, 4) is 0 Å². The van der Waals surface area contributed by atoms with Gasteiger partial charge in [-0.2, -0.15) is 0 Å². The normalized spacial score (nSPS) is 10.7. The Bertz CT molecular complexity index is 138. The number of ether oxygens (including phenoxy) is 1. The summed E-state index contributed by atoms with van der Waals surface area (Å²) in [6.07, 6.45) is 1.29. The SMILES string of the molecule is CC(C)NCCCOCCC(N)=O. The third-order valence-corrected chi connectivity index (χ3v) is 1.51. The van der Waals surface area contributed by atoms with Gasteiger partial charge in [0.05, 0.1) is 6.61 Å². The van der Waals surface area contributed by atoms with E-state index in [4.69, 9.17) is 10.5 Å². The summed E-state index contributed by atoms with van der Waals surface area (Å²) in [6.45, 7) is 6.29. The maximum Gasteiger partial charge on any atom is 0.219 e. The first-order chi connectivity index (χ1) is 6.13. The highest BCUT2D eigenvalue weighted by Crippen LogP contribution is 1.85. The molecule has 0 bridgehead atoms. The number of nitrogens with two attached hydrogens (primary N) is 1. The van der Waals surface area contributed by atoms with Crippen molar-refractivity contribution >= 4 is 5.91 Å². The molecule has 0 spiro atoms. The number of carbonyl (C=O) groups is 1. The van der Waals surface area contributed by atoms with Crippen molar-refractivity contribution in [1.82, 2.24) is 5.32 Å². The van der Waals surface area contributed by atoms with Crippen LogP contribution in [-0.4, -0.2) is 31.7 Å². The van der Waals surface area contributed by atoms with Crippen LogP contribution in [-0.2, 0) is 9.53 Å². The smallest absolute Gasteiger partial charge is 0.219 e.